The third-order valence-corrected chi connectivity index (χ3v) is 4.09. The molecule has 0 atom stereocenters. The Morgan fingerprint density at radius 2 is 1.80 bits per heavy atom. The Balaban J connectivity index is 2.08. The maximum Gasteiger partial charge on any atom is 0.240 e. The van der Waals surface area contributed by atoms with E-state index in [1.165, 1.54) is 0 Å². The smallest absolute Gasteiger partial charge is 0.240 e. The molecule has 0 radical (unpaired) electrons. The minimum atomic E-state index is -3.35. The molecule has 3 N–H and O–H groups in total. The van der Waals surface area contributed by atoms with E-state index in [-0.39, 0.29) is 12.1 Å². The minimum absolute atomic E-state index is 0.00482. The summed E-state index contributed by atoms with van der Waals surface area (Å²) in [6.45, 7) is 0. The zero-order valence-electron chi connectivity index (χ0n) is 8.26. The van der Waals surface area contributed by atoms with E-state index in [0.717, 1.165) is 12.8 Å². The Morgan fingerprint density at radius 3 is 2.33 bits per heavy atom. The van der Waals surface area contributed by atoms with E-state index in [9.17, 15) is 8.42 Å². The van der Waals surface area contributed by atoms with E-state index in [1.807, 2.05) is 0 Å². The highest BCUT2D eigenvalue weighted by Gasteiger charge is 2.30. The first kappa shape index (κ1) is 10.6. The molecular weight excluding hydrogens is 212 g/mol. The zero-order valence-corrected chi connectivity index (χ0v) is 9.07. The quantitative estimate of drug-likeness (QED) is 0.786. The summed E-state index contributed by atoms with van der Waals surface area (Å²) in [5.74, 6) is 0. The number of hydrogen-bond donors (Lipinski definition) is 2. The summed E-state index contributed by atoms with van der Waals surface area (Å²) >= 11 is 0. The van der Waals surface area contributed by atoms with E-state index in [4.69, 9.17) is 5.73 Å². The molecule has 82 valence electrons. The average molecular weight is 226 g/mol. The van der Waals surface area contributed by atoms with Crippen LogP contribution in [-0.2, 0) is 10.0 Å². The third kappa shape index (κ3) is 2.37. The van der Waals surface area contributed by atoms with Crippen molar-refractivity contribution in [3.05, 3.63) is 30.3 Å². The van der Waals surface area contributed by atoms with Crippen molar-refractivity contribution in [1.82, 2.24) is 4.72 Å². The third-order valence-electron chi connectivity index (χ3n) is 2.55. The lowest BCUT2D eigenvalue weighted by molar-refractivity contribution is 0.327. The second kappa shape index (κ2) is 3.92. The fraction of sp³-hybridized carbons (Fsp3) is 0.400. The second-order valence-electron chi connectivity index (χ2n) is 3.86. The van der Waals surface area contributed by atoms with Crippen LogP contribution in [0.2, 0.25) is 0 Å². The summed E-state index contributed by atoms with van der Waals surface area (Å²) in [7, 11) is -3.35. The van der Waals surface area contributed by atoms with Gasteiger partial charge in [0.05, 0.1) is 4.90 Å². The highest BCUT2D eigenvalue weighted by Crippen LogP contribution is 2.20. The van der Waals surface area contributed by atoms with Gasteiger partial charge in [0.15, 0.2) is 0 Å². The summed E-state index contributed by atoms with van der Waals surface area (Å²) in [6.07, 6.45) is 1.46. The van der Waals surface area contributed by atoms with Gasteiger partial charge in [-0.2, -0.15) is 0 Å². The van der Waals surface area contributed by atoms with Gasteiger partial charge in [0.2, 0.25) is 10.0 Å². The Morgan fingerprint density at radius 1 is 1.20 bits per heavy atom. The van der Waals surface area contributed by atoms with Crippen molar-refractivity contribution in [2.24, 2.45) is 5.73 Å². The number of sulfonamides is 1. The number of hydrogen-bond acceptors (Lipinski definition) is 3. The number of nitrogens with two attached hydrogens (primary N) is 1. The van der Waals surface area contributed by atoms with Crippen LogP contribution >= 0.6 is 0 Å². The van der Waals surface area contributed by atoms with Crippen molar-refractivity contribution >= 4 is 10.0 Å². The van der Waals surface area contributed by atoms with Crippen LogP contribution < -0.4 is 10.5 Å². The molecule has 1 fully saturated rings. The highest BCUT2D eigenvalue weighted by molar-refractivity contribution is 7.89. The van der Waals surface area contributed by atoms with Crippen molar-refractivity contribution in [3.63, 3.8) is 0 Å². The molecule has 0 heterocycles. The van der Waals surface area contributed by atoms with E-state index in [0.29, 0.717) is 4.90 Å². The average Bonchev–Trinajstić information content (AvgIpc) is 2.17. The molecule has 15 heavy (non-hydrogen) atoms. The van der Waals surface area contributed by atoms with Gasteiger partial charge in [0.1, 0.15) is 0 Å². The molecule has 5 heteroatoms. The van der Waals surface area contributed by atoms with E-state index < -0.39 is 10.0 Å². The predicted molar refractivity (Wildman–Crippen MR) is 57.8 cm³/mol. The molecule has 1 aromatic carbocycles. The van der Waals surface area contributed by atoms with Crippen molar-refractivity contribution in [2.45, 2.75) is 29.8 Å². The molecule has 1 aromatic rings. The van der Waals surface area contributed by atoms with Crippen LogP contribution in [0.15, 0.2) is 35.2 Å². The predicted octanol–water partition coefficient (Wildman–Crippen LogP) is 0.455. The molecule has 0 aliphatic heterocycles. The molecular formula is C10H14N2O2S. The van der Waals surface area contributed by atoms with Gasteiger partial charge in [-0.1, -0.05) is 18.2 Å². The van der Waals surface area contributed by atoms with Crippen LogP contribution in [0.1, 0.15) is 12.8 Å². The minimum Gasteiger partial charge on any atom is -0.328 e. The maximum absolute atomic E-state index is 11.8. The fourth-order valence-electron chi connectivity index (χ4n) is 1.65. The largest absolute Gasteiger partial charge is 0.328 e. The van der Waals surface area contributed by atoms with Gasteiger partial charge in [0.25, 0.3) is 0 Å². The molecule has 0 saturated heterocycles. The molecule has 2 rings (SSSR count). The standard InChI is InChI=1S/C10H14N2O2S/c11-8-6-9(7-8)12-15(13,14)10-4-2-1-3-5-10/h1-5,8-9,12H,6-7,11H2. The van der Waals surface area contributed by atoms with E-state index >= 15 is 0 Å². The van der Waals surface area contributed by atoms with Crippen molar-refractivity contribution < 1.29 is 8.42 Å². The molecule has 0 bridgehead atoms. The second-order valence-corrected chi connectivity index (χ2v) is 5.58. The molecule has 1 aliphatic rings. The summed E-state index contributed by atoms with van der Waals surface area (Å²) in [4.78, 5) is 0.311. The van der Waals surface area contributed by atoms with Crippen molar-refractivity contribution in [3.8, 4) is 0 Å². The van der Waals surface area contributed by atoms with Crippen LogP contribution in [0.4, 0.5) is 0 Å². The number of nitrogens with one attached hydrogen (secondary N) is 1. The van der Waals surface area contributed by atoms with Crippen LogP contribution in [0, 0.1) is 0 Å². The summed E-state index contributed by atoms with van der Waals surface area (Å²) in [5.41, 5.74) is 5.59. The van der Waals surface area contributed by atoms with Crippen LogP contribution in [0.5, 0.6) is 0 Å². The monoisotopic (exact) mass is 226 g/mol. The topological polar surface area (TPSA) is 72.2 Å². The Kier molecular flexibility index (Phi) is 2.77. The van der Waals surface area contributed by atoms with Gasteiger partial charge >= 0.3 is 0 Å². The van der Waals surface area contributed by atoms with E-state index in [2.05, 4.69) is 4.72 Å². The Labute approximate surface area is 89.5 Å². The Bertz CT molecular complexity index is 424. The first-order valence-electron chi connectivity index (χ1n) is 4.91. The number of benzene rings is 1. The summed E-state index contributed by atoms with van der Waals surface area (Å²) < 4.78 is 26.2. The number of rotatable bonds is 3. The fourth-order valence-corrected chi connectivity index (χ4v) is 2.93. The molecule has 0 amide bonds. The Hall–Kier alpha value is -0.910. The maximum atomic E-state index is 11.8. The summed E-state index contributed by atoms with van der Waals surface area (Å²) in [6, 6.07) is 8.53. The highest BCUT2D eigenvalue weighted by atomic mass is 32.2. The summed E-state index contributed by atoms with van der Waals surface area (Å²) in [5, 5.41) is 0. The van der Waals surface area contributed by atoms with Crippen molar-refractivity contribution in [2.75, 3.05) is 0 Å². The lowest BCUT2D eigenvalue weighted by atomic mass is 9.89. The lowest BCUT2D eigenvalue weighted by Crippen LogP contribution is -2.50. The first-order chi connectivity index (χ1) is 7.08. The van der Waals surface area contributed by atoms with Crippen LogP contribution in [-0.4, -0.2) is 20.5 Å². The van der Waals surface area contributed by atoms with Crippen molar-refractivity contribution in [1.29, 1.82) is 0 Å². The molecule has 0 unspecified atom stereocenters. The van der Waals surface area contributed by atoms with Crippen LogP contribution in [0.25, 0.3) is 0 Å². The molecule has 0 spiro atoms. The van der Waals surface area contributed by atoms with Gasteiger partial charge in [-0.15, -0.1) is 0 Å². The van der Waals surface area contributed by atoms with Crippen LogP contribution in [0.3, 0.4) is 0 Å². The van der Waals surface area contributed by atoms with Gasteiger partial charge in [-0.3, -0.25) is 0 Å². The lowest BCUT2D eigenvalue weighted by Gasteiger charge is -2.32. The van der Waals surface area contributed by atoms with Gasteiger partial charge in [0, 0.05) is 12.1 Å². The SMILES string of the molecule is NC1CC(NS(=O)(=O)c2ccccc2)C1. The molecule has 1 aliphatic carbocycles. The molecule has 4 nitrogen and oxygen atoms in total. The van der Waals surface area contributed by atoms with Gasteiger partial charge < -0.3 is 5.73 Å². The van der Waals surface area contributed by atoms with Gasteiger partial charge in [-0.25, -0.2) is 13.1 Å². The molecule has 1 saturated carbocycles. The van der Waals surface area contributed by atoms with E-state index in [1.54, 1.807) is 30.3 Å². The normalized spacial score (nSPS) is 25.9. The zero-order chi connectivity index (χ0) is 10.9. The van der Waals surface area contributed by atoms with Gasteiger partial charge in [-0.05, 0) is 25.0 Å². The first-order valence-corrected chi connectivity index (χ1v) is 6.39. The molecule has 0 aromatic heterocycles.